The Morgan fingerprint density at radius 1 is 0.750 bits per heavy atom. The van der Waals surface area contributed by atoms with Crippen molar-refractivity contribution in [1.29, 1.82) is 0 Å². The molecule has 0 saturated heterocycles. The van der Waals surface area contributed by atoms with E-state index in [1.165, 1.54) is 11.3 Å². The summed E-state index contributed by atoms with van der Waals surface area (Å²) in [7, 11) is 0. The molecule has 0 aliphatic carbocycles. The maximum atomic E-state index is 12.7. The average Bonchev–Trinajstić information content (AvgIpc) is 3.25. The number of benzene rings is 4. The smallest absolute Gasteiger partial charge is 0.153 e. The second-order valence-electron chi connectivity index (χ2n) is 7.63. The molecular formula is C27H19Cl2NOS. The minimum atomic E-state index is -1.52. The average molecular weight is 476 g/mol. The number of rotatable bonds is 5. The van der Waals surface area contributed by atoms with Gasteiger partial charge in [0.25, 0.3) is 0 Å². The number of fused-ring (bicyclic) bond motifs is 1. The molecule has 1 heterocycles. The van der Waals surface area contributed by atoms with E-state index in [9.17, 15) is 5.11 Å². The first-order valence-corrected chi connectivity index (χ1v) is 11.8. The Morgan fingerprint density at radius 3 is 1.94 bits per heavy atom. The van der Waals surface area contributed by atoms with Gasteiger partial charge in [-0.15, -0.1) is 11.3 Å². The summed E-state index contributed by atoms with van der Waals surface area (Å²) in [5.74, 6) is -0.441. The van der Waals surface area contributed by atoms with Crippen LogP contribution in [0, 0.1) is 0 Å². The van der Waals surface area contributed by atoms with Gasteiger partial charge in [-0.05, 0) is 35.4 Å². The summed E-state index contributed by atoms with van der Waals surface area (Å²) >= 11 is 14.4. The molecule has 4 aromatic carbocycles. The number of nitrogens with zero attached hydrogens (tertiary/aromatic N) is 1. The van der Waals surface area contributed by atoms with Crippen molar-refractivity contribution in [3.05, 3.63) is 135 Å². The van der Waals surface area contributed by atoms with Crippen LogP contribution in [0.4, 0.5) is 0 Å². The van der Waals surface area contributed by atoms with Crippen LogP contribution in [0.3, 0.4) is 0 Å². The van der Waals surface area contributed by atoms with Crippen molar-refractivity contribution in [2.45, 2.75) is 11.5 Å². The summed E-state index contributed by atoms with van der Waals surface area (Å²) in [4.78, 5) is 4.87. The van der Waals surface area contributed by atoms with E-state index in [0.29, 0.717) is 20.6 Å². The standard InChI is InChI=1S/C27H19Cl2NOS/c28-20-15-16-21(22(29)17-20)27(31,26-30-23-13-7-8-14-24(23)32-26)25(18-9-3-1-4-10-18)19-11-5-2-6-12-19/h1-17,25,31H. The molecule has 1 aromatic heterocycles. The fourth-order valence-corrected chi connectivity index (χ4v) is 5.85. The molecule has 1 N–H and O–H groups in total. The van der Waals surface area contributed by atoms with Crippen LogP contribution >= 0.6 is 34.5 Å². The van der Waals surface area contributed by atoms with E-state index in [-0.39, 0.29) is 0 Å². The predicted octanol–water partition coefficient (Wildman–Crippen LogP) is 7.67. The summed E-state index contributed by atoms with van der Waals surface area (Å²) in [5.41, 5.74) is 1.82. The summed E-state index contributed by atoms with van der Waals surface area (Å²) in [6.07, 6.45) is 0. The quantitative estimate of drug-likeness (QED) is 0.282. The van der Waals surface area contributed by atoms with Crippen molar-refractivity contribution in [3.63, 3.8) is 0 Å². The molecule has 1 unspecified atom stereocenters. The maximum Gasteiger partial charge on any atom is 0.153 e. The van der Waals surface area contributed by atoms with Gasteiger partial charge >= 0.3 is 0 Å². The van der Waals surface area contributed by atoms with E-state index in [1.54, 1.807) is 18.2 Å². The maximum absolute atomic E-state index is 12.7. The second-order valence-corrected chi connectivity index (χ2v) is 9.51. The van der Waals surface area contributed by atoms with Crippen molar-refractivity contribution in [2.75, 3.05) is 0 Å². The number of aromatic nitrogens is 1. The first-order chi connectivity index (χ1) is 15.6. The molecule has 5 heteroatoms. The molecule has 0 fully saturated rings. The van der Waals surface area contributed by atoms with Crippen LogP contribution in [0.25, 0.3) is 10.2 Å². The molecule has 0 amide bonds. The molecule has 5 rings (SSSR count). The lowest BCUT2D eigenvalue weighted by Gasteiger charge is -2.36. The second kappa shape index (κ2) is 8.68. The monoisotopic (exact) mass is 475 g/mol. The summed E-state index contributed by atoms with van der Waals surface area (Å²) < 4.78 is 1.01. The Labute approximate surface area is 200 Å². The highest BCUT2D eigenvalue weighted by Gasteiger charge is 2.46. The first kappa shape index (κ1) is 21.2. The molecule has 158 valence electrons. The zero-order valence-electron chi connectivity index (χ0n) is 17.0. The van der Waals surface area contributed by atoms with Crippen molar-refractivity contribution in [1.82, 2.24) is 4.98 Å². The third kappa shape index (κ3) is 3.72. The van der Waals surface area contributed by atoms with Gasteiger partial charge in [0.1, 0.15) is 5.01 Å². The minimum absolute atomic E-state index is 0.399. The third-order valence-electron chi connectivity index (χ3n) is 5.65. The molecule has 0 spiro atoms. The summed E-state index contributed by atoms with van der Waals surface area (Å²) in [5, 5.41) is 14.2. The highest BCUT2D eigenvalue weighted by molar-refractivity contribution is 7.18. The van der Waals surface area contributed by atoms with E-state index in [1.807, 2.05) is 84.9 Å². The van der Waals surface area contributed by atoms with Gasteiger partial charge in [-0.1, -0.05) is 102 Å². The minimum Gasteiger partial charge on any atom is -0.377 e. The largest absolute Gasteiger partial charge is 0.377 e. The van der Waals surface area contributed by atoms with E-state index < -0.39 is 11.5 Å². The van der Waals surface area contributed by atoms with Crippen molar-refractivity contribution in [3.8, 4) is 0 Å². The zero-order valence-corrected chi connectivity index (χ0v) is 19.3. The molecule has 0 aliphatic heterocycles. The van der Waals surface area contributed by atoms with Crippen LogP contribution in [0.5, 0.6) is 0 Å². The molecule has 0 aliphatic rings. The highest BCUT2D eigenvalue weighted by atomic mass is 35.5. The van der Waals surface area contributed by atoms with Gasteiger partial charge in [-0.3, -0.25) is 0 Å². The number of aliphatic hydroxyl groups is 1. The van der Waals surface area contributed by atoms with Crippen molar-refractivity contribution >= 4 is 44.8 Å². The first-order valence-electron chi connectivity index (χ1n) is 10.2. The lowest BCUT2D eigenvalue weighted by Crippen LogP contribution is -2.36. The van der Waals surface area contributed by atoms with E-state index >= 15 is 0 Å². The number of thiazole rings is 1. The lowest BCUT2D eigenvalue weighted by atomic mass is 9.73. The molecule has 0 saturated carbocycles. The summed E-state index contributed by atoms with van der Waals surface area (Å²) in [6, 6.07) is 33.1. The van der Waals surface area contributed by atoms with Crippen LogP contribution in [-0.4, -0.2) is 10.1 Å². The third-order valence-corrected chi connectivity index (χ3v) is 7.35. The van der Waals surface area contributed by atoms with Crippen molar-refractivity contribution < 1.29 is 5.11 Å². The van der Waals surface area contributed by atoms with Crippen LogP contribution < -0.4 is 0 Å². The van der Waals surface area contributed by atoms with Gasteiger partial charge in [0.2, 0.25) is 0 Å². The molecule has 32 heavy (non-hydrogen) atoms. The van der Waals surface area contributed by atoms with E-state index in [2.05, 4.69) is 0 Å². The number of hydrogen-bond donors (Lipinski definition) is 1. The van der Waals surface area contributed by atoms with Gasteiger partial charge in [0.15, 0.2) is 5.60 Å². The SMILES string of the molecule is OC(c1nc2ccccc2s1)(c1ccc(Cl)cc1Cl)C(c1ccccc1)c1ccccc1. The Hall–Kier alpha value is -2.69. The lowest BCUT2D eigenvalue weighted by molar-refractivity contribution is 0.0625. The topological polar surface area (TPSA) is 33.1 Å². The number of para-hydroxylation sites is 1. The van der Waals surface area contributed by atoms with Gasteiger partial charge in [-0.2, -0.15) is 0 Å². The van der Waals surface area contributed by atoms with Crippen LogP contribution in [0.15, 0.2) is 103 Å². The zero-order chi connectivity index (χ0) is 22.1. The molecule has 0 radical (unpaired) electrons. The van der Waals surface area contributed by atoms with Crippen LogP contribution in [0.1, 0.15) is 27.6 Å². The molecule has 0 bridgehead atoms. The Morgan fingerprint density at radius 2 is 1.34 bits per heavy atom. The molecule has 5 aromatic rings. The highest BCUT2D eigenvalue weighted by Crippen LogP contribution is 2.50. The van der Waals surface area contributed by atoms with Crippen molar-refractivity contribution in [2.24, 2.45) is 0 Å². The fourth-order valence-electron chi connectivity index (χ4n) is 4.19. The van der Waals surface area contributed by atoms with Gasteiger partial charge in [0.05, 0.1) is 10.2 Å². The normalized spacial score (nSPS) is 13.4. The van der Waals surface area contributed by atoms with E-state index in [0.717, 1.165) is 21.3 Å². The van der Waals surface area contributed by atoms with Gasteiger partial charge < -0.3 is 5.11 Å². The number of halogens is 2. The molecule has 2 nitrogen and oxygen atoms in total. The van der Waals surface area contributed by atoms with Crippen LogP contribution in [-0.2, 0) is 5.60 Å². The van der Waals surface area contributed by atoms with E-state index in [4.69, 9.17) is 28.2 Å². The number of hydrogen-bond acceptors (Lipinski definition) is 3. The Kier molecular flexibility index (Phi) is 5.75. The molecular weight excluding hydrogens is 457 g/mol. The fraction of sp³-hybridized carbons (Fsp3) is 0.0741. The van der Waals surface area contributed by atoms with Gasteiger partial charge in [0, 0.05) is 21.5 Å². The Balaban J connectivity index is 1.85. The predicted molar refractivity (Wildman–Crippen MR) is 134 cm³/mol. The summed E-state index contributed by atoms with van der Waals surface area (Å²) in [6.45, 7) is 0. The van der Waals surface area contributed by atoms with Crippen LogP contribution in [0.2, 0.25) is 10.0 Å². The Bertz CT molecular complexity index is 1300. The van der Waals surface area contributed by atoms with Gasteiger partial charge in [-0.25, -0.2) is 4.98 Å². The molecule has 1 atom stereocenters.